The summed E-state index contributed by atoms with van der Waals surface area (Å²) in [5, 5.41) is 2.63. The highest BCUT2D eigenvalue weighted by Gasteiger charge is 2.34. The molecule has 202 valence electrons. The van der Waals surface area contributed by atoms with Crippen molar-refractivity contribution in [2.24, 2.45) is 0 Å². The van der Waals surface area contributed by atoms with Crippen molar-refractivity contribution < 1.29 is 22.7 Å². The second kappa shape index (κ2) is 12.6. The van der Waals surface area contributed by atoms with Gasteiger partial charge in [0, 0.05) is 13.6 Å². The molecule has 38 heavy (non-hydrogen) atoms. The number of carbonyl (C=O) groups excluding carboxylic acids is 2. The van der Waals surface area contributed by atoms with Gasteiger partial charge in [-0.05, 0) is 67.3 Å². The second-order valence-corrected chi connectivity index (χ2v) is 10.8. The van der Waals surface area contributed by atoms with E-state index in [2.05, 4.69) is 5.32 Å². The molecule has 0 heterocycles. The van der Waals surface area contributed by atoms with Crippen LogP contribution in [0.5, 0.6) is 5.75 Å². The van der Waals surface area contributed by atoms with Crippen molar-refractivity contribution in [1.29, 1.82) is 0 Å². The van der Waals surface area contributed by atoms with E-state index in [4.69, 9.17) is 4.74 Å². The van der Waals surface area contributed by atoms with E-state index in [1.165, 1.54) is 24.1 Å². The van der Waals surface area contributed by atoms with Gasteiger partial charge in [0.05, 0.1) is 17.7 Å². The number of methoxy groups -OCH3 is 1. The Morgan fingerprint density at radius 2 is 1.61 bits per heavy atom. The number of rotatable bonds is 11. The number of carbonyl (C=O) groups is 2. The summed E-state index contributed by atoms with van der Waals surface area (Å²) in [7, 11) is -1.01. The van der Waals surface area contributed by atoms with Gasteiger partial charge in [0.25, 0.3) is 10.0 Å². The van der Waals surface area contributed by atoms with Gasteiger partial charge in [-0.15, -0.1) is 0 Å². The van der Waals surface area contributed by atoms with Gasteiger partial charge < -0.3 is 15.0 Å². The van der Waals surface area contributed by atoms with E-state index in [0.29, 0.717) is 17.9 Å². The third-order valence-corrected chi connectivity index (χ3v) is 8.37. The van der Waals surface area contributed by atoms with Crippen molar-refractivity contribution in [2.75, 3.05) is 25.0 Å². The van der Waals surface area contributed by atoms with Gasteiger partial charge in [0.2, 0.25) is 11.8 Å². The molecule has 0 radical (unpaired) electrons. The number of amides is 2. The van der Waals surface area contributed by atoms with Gasteiger partial charge >= 0.3 is 0 Å². The fraction of sp³-hybridized carbons (Fsp3) is 0.310. The van der Waals surface area contributed by atoms with Crippen LogP contribution in [0, 0.1) is 13.8 Å². The van der Waals surface area contributed by atoms with Crippen LogP contribution in [0.25, 0.3) is 0 Å². The fourth-order valence-corrected chi connectivity index (χ4v) is 5.75. The molecule has 0 aromatic heterocycles. The predicted molar refractivity (Wildman–Crippen MR) is 149 cm³/mol. The SMILES string of the molecule is CCC(C(=O)NC)N(Cc1ccc(OC)cc1)C(=O)CN(c1cccc(C)c1C)S(=O)(=O)c1ccccc1. The third-order valence-electron chi connectivity index (χ3n) is 6.60. The minimum absolute atomic E-state index is 0.0775. The highest BCUT2D eigenvalue weighted by molar-refractivity contribution is 7.92. The van der Waals surface area contributed by atoms with Gasteiger partial charge in [0.1, 0.15) is 18.3 Å². The van der Waals surface area contributed by atoms with Crippen molar-refractivity contribution in [2.45, 2.75) is 44.7 Å². The van der Waals surface area contributed by atoms with Crippen LogP contribution in [0.3, 0.4) is 0 Å². The lowest BCUT2D eigenvalue weighted by Gasteiger charge is -2.33. The molecular formula is C29H35N3O5S. The molecule has 1 unspecified atom stereocenters. The highest BCUT2D eigenvalue weighted by Crippen LogP contribution is 2.29. The molecule has 0 aliphatic rings. The second-order valence-electron chi connectivity index (χ2n) is 8.95. The molecule has 0 fully saturated rings. The standard InChI is InChI=1S/C29H35N3O5S/c1-6-26(29(34)30-4)31(19-23-15-17-24(37-5)18-16-23)28(33)20-32(27-14-10-11-21(2)22(27)3)38(35,36)25-12-8-7-9-13-25/h7-18,26H,6,19-20H2,1-5H3,(H,30,34). The normalized spacial score (nSPS) is 11.9. The molecule has 2 amide bonds. The number of nitrogens with one attached hydrogen (secondary N) is 1. The average Bonchev–Trinajstić information content (AvgIpc) is 2.93. The maximum atomic E-state index is 14.0. The summed E-state index contributed by atoms with van der Waals surface area (Å²) in [6.45, 7) is 5.20. The first-order chi connectivity index (χ1) is 18.1. The molecule has 0 aliphatic heterocycles. The summed E-state index contributed by atoms with van der Waals surface area (Å²) in [5.74, 6) is -0.143. The number of sulfonamides is 1. The monoisotopic (exact) mass is 537 g/mol. The van der Waals surface area contributed by atoms with E-state index < -0.39 is 28.5 Å². The summed E-state index contributed by atoms with van der Waals surface area (Å²) >= 11 is 0. The number of nitrogens with zero attached hydrogens (tertiary/aromatic N) is 2. The zero-order valence-electron chi connectivity index (χ0n) is 22.5. The number of anilines is 1. The van der Waals surface area contributed by atoms with Gasteiger partial charge in [-0.3, -0.25) is 13.9 Å². The minimum Gasteiger partial charge on any atom is -0.497 e. The Hall–Kier alpha value is -3.85. The quantitative estimate of drug-likeness (QED) is 0.398. The Labute approximate surface area is 225 Å². The Kier molecular flexibility index (Phi) is 9.52. The summed E-state index contributed by atoms with van der Waals surface area (Å²) in [4.78, 5) is 28.3. The molecule has 1 N–H and O–H groups in total. The Morgan fingerprint density at radius 1 is 0.947 bits per heavy atom. The Bertz CT molecular complexity index is 1360. The Balaban J connectivity index is 2.08. The fourth-order valence-electron chi connectivity index (χ4n) is 4.25. The molecule has 0 spiro atoms. The molecule has 0 bridgehead atoms. The zero-order valence-corrected chi connectivity index (χ0v) is 23.3. The first-order valence-corrected chi connectivity index (χ1v) is 13.9. The maximum absolute atomic E-state index is 14.0. The number of aryl methyl sites for hydroxylation is 1. The van der Waals surface area contributed by atoms with Crippen LogP contribution < -0.4 is 14.4 Å². The number of benzene rings is 3. The van der Waals surface area contributed by atoms with E-state index in [-0.39, 0.29) is 17.3 Å². The molecule has 1 atom stereocenters. The van der Waals surface area contributed by atoms with Crippen molar-refractivity contribution in [3.63, 3.8) is 0 Å². The predicted octanol–water partition coefficient (Wildman–Crippen LogP) is 4.06. The number of hydrogen-bond acceptors (Lipinski definition) is 5. The molecule has 3 rings (SSSR count). The molecule has 0 aliphatic carbocycles. The number of hydrogen-bond donors (Lipinski definition) is 1. The van der Waals surface area contributed by atoms with Gasteiger partial charge in [-0.25, -0.2) is 8.42 Å². The summed E-state index contributed by atoms with van der Waals surface area (Å²) in [6.07, 6.45) is 0.358. The lowest BCUT2D eigenvalue weighted by atomic mass is 10.1. The van der Waals surface area contributed by atoms with E-state index >= 15 is 0 Å². The smallest absolute Gasteiger partial charge is 0.264 e. The van der Waals surface area contributed by atoms with E-state index in [9.17, 15) is 18.0 Å². The summed E-state index contributed by atoms with van der Waals surface area (Å²) < 4.78 is 34.1. The van der Waals surface area contributed by atoms with Crippen molar-refractivity contribution in [3.05, 3.63) is 89.5 Å². The average molecular weight is 538 g/mol. The van der Waals surface area contributed by atoms with Crippen molar-refractivity contribution in [1.82, 2.24) is 10.2 Å². The van der Waals surface area contributed by atoms with E-state index in [1.54, 1.807) is 49.6 Å². The van der Waals surface area contributed by atoms with Crippen LogP contribution in [-0.4, -0.2) is 51.9 Å². The van der Waals surface area contributed by atoms with Crippen LogP contribution in [0.1, 0.15) is 30.0 Å². The molecule has 3 aromatic rings. The number of ether oxygens (including phenoxy) is 1. The third kappa shape index (κ3) is 6.34. The first kappa shape index (κ1) is 28.7. The first-order valence-electron chi connectivity index (χ1n) is 12.4. The summed E-state index contributed by atoms with van der Waals surface area (Å²) in [6, 6.07) is 19.8. The zero-order chi connectivity index (χ0) is 27.9. The highest BCUT2D eigenvalue weighted by atomic mass is 32.2. The molecule has 8 nitrogen and oxygen atoms in total. The van der Waals surface area contributed by atoms with Crippen LogP contribution in [0.4, 0.5) is 5.69 Å². The van der Waals surface area contributed by atoms with Crippen LogP contribution >= 0.6 is 0 Å². The van der Waals surface area contributed by atoms with Gasteiger partial charge in [0.15, 0.2) is 0 Å². The van der Waals surface area contributed by atoms with Crippen LogP contribution in [-0.2, 0) is 26.2 Å². The Morgan fingerprint density at radius 3 is 2.18 bits per heavy atom. The van der Waals surface area contributed by atoms with E-state index in [0.717, 1.165) is 21.0 Å². The topological polar surface area (TPSA) is 96.0 Å². The van der Waals surface area contributed by atoms with Crippen LogP contribution in [0.2, 0.25) is 0 Å². The van der Waals surface area contributed by atoms with E-state index in [1.807, 2.05) is 39.0 Å². The molecular weight excluding hydrogens is 502 g/mol. The largest absolute Gasteiger partial charge is 0.497 e. The lowest BCUT2D eigenvalue weighted by Crippen LogP contribution is -2.51. The minimum atomic E-state index is -4.09. The molecule has 0 saturated heterocycles. The maximum Gasteiger partial charge on any atom is 0.264 e. The number of likely N-dealkylation sites (N-methyl/N-ethyl adjacent to an activating group) is 1. The van der Waals surface area contributed by atoms with Crippen LogP contribution in [0.15, 0.2) is 77.7 Å². The van der Waals surface area contributed by atoms with Crippen molar-refractivity contribution >= 4 is 27.5 Å². The molecule has 3 aromatic carbocycles. The van der Waals surface area contributed by atoms with Crippen molar-refractivity contribution in [3.8, 4) is 5.75 Å². The molecule has 0 saturated carbocycles. The van der Waals surface area contributed by atoms with Gasteiger partial charge in [-0.1, -0.05) is 49.4 Å². The lowest BCUT2D eigenvalue weighted by molar-refractivity contribution is -0.140. The molecule has 9 heteroatoms. The summed E-state index contributed by atoms with van der Waals surface area (Å²) in [5.41, 5.74) is 2.85. The van der Waals surface area contributed by atoms with Gasteiger partial charge in [-0.2, -0.15) is 0 Å².